The summed E-state index contributed by atoms with van der Waals surface area (Å²) in [6, 6.07) is 0. The molecule has 0 aliphatic carbocycles. The number of rotatable bonds is 64. The Bertz CT molecular complexity index is 1060. The molecule has 0 spiro atoms. The van der Waals surface area contributed by atoms with Crippen LogP contribution in [0.15, 0.2) is 0 Å². The summed E-state index contributed by atoms with van der Waals surface area (Å²) < 4.78 is 23.5. The Morgan fingerprint density at radius 2 is 0.270 bits per heavy atom. The Balaban J connectivity index is -0.000000351. The van der Waals surface area contributed by atoms with Crippen molar-refractivity contribution < 1.29 is 59.4 Å². The molecule has 0 saturated carbocycles. The van der Waals surface area contributed by atoms with Gasteiger partial charge in [0.15, 0.2) is 0 Å². The molecule has 544 valence electrons. The molecule has 0 aliphatic rings. The molecule has 0 fully saturated rings. The van der Waals surface area contributed by atoms with Crippen LogP contribution in [0, 0.1) is 0 Å². The fourth-order valence-corrected chi connectivity index (χ4v) is 23.8. The van der Waals surface area contributed by atoms with Gasteiger partial charge in [0, 0.05) is 0 Å². The maximum absolute atomic E-state index is 13.0. The van der Waals surface area contributed by atoms with Gasteiger partial charge in [0.1, 0.15) is 0 Å². The van der Waals surface area contributed by atoms with E-state index in [2.05, 4.69) is 55.4 Å². The molecule has 0 aliphatic heterocycles. The molecule has 0 aromatic carbocycles. The van der Waals surface area contributed by atoms with E-state index in [4.69, 9.17) is 18.1 Å². The SMILES string of the molecule is CCCCCCCC[PH]([O-])(CCCCCCCC)OC(C)C.CCCCCCCC[PH]([O-])(CCCCCCCC)OC(C)C.CCCCCCCC[PH]([O-])(CCCCCCCC)OC(C)C.CCCCCCCC[PH]([O-])(CCCCCCCC)OC(C)C.[Ti+4]. The normalized spacial score (nSPS) is 12.9. The van der Waals surface area contributed by atoms with Gasteiger partial charge >= 0.3 is 583 Å². The second kappa shape index (κ2) is 74.3. The Morgan fingerprint density at radius 1 is 0.180 bits per heavy atom. The van der Waals surface area contributed by atoms with Crippen molar-refractivity contribution in [2.45, 2.75) is 443 Å². The van der Waals surface area contributed by atoms with E-state index < -0.39 is 30.9 Å². The van der Waals surface area contributed by atoms with Crippen molar-refractivity contribution in [2.24, 2.45) is 0 Å². The van der Waals surface area contributed by atoms with Crippen LogP contribution in [-0.2, 0) is 39.8 Å². The van der Waals surface area contributed by atoms with E-state index in [9.17, 15) is 19.6 Å². The van der Waals surface area contributed by atoms with Gasteiger partial charge in [-0.1, -0.05) is 0 Å². The Morgan fingerprint density at radius 3 is 0.360 bits per heavy atom. The first-order valence-corrected chi connectivity index (χ1v) is 48.6. The fourth-order valence-electron chi connectivity index (χ4n) is 12.1. The number of hydrogen-bond donors (Lipinski definition) is 0. The Hall–Kier alpha value is 2.11. The summed E-state index contributed by atoms with van der Waals surface area (Å²) in [4.78, 5) is 52.0. The van der Waals surface area contributed by atoms with Crippen LogP contribution in [0.2, 0.25) is 0 Å². The number of unbranched alkanes of at least 4 members (excludes halogenated alkanes) is 40. The maximum Gasteiger partial charge on any atom is 4.00 e. The minimum Gasteiger partial charge on any atom is 4.00 e. The summed E-state index contributed by atoms with van der Waals surface area (Å²) in [5.41, 5.74) is 0. The summed E-state index contributed by atoms with van der Waals surface area (Å²) in [6.45, 7) is 34.1. The van der Waals surface area contributed by atoms with Crippen LogP contribution in [0.1, 0.15) is 419 Å². The van der Waals surface area contributed by atoms with Gasteiger partial charge in [-0.05, 0) is 0 Å². The predicted octanol–water partition coefficient (Wildman–Crippen LogP) is 24.3. The second-order valence-electron chi connectivity index (χ2n) is 28.5. The summed E-state index contributed by atoms with van der Waals surface area (Å²) in [6.07, 6.45) is 67.3. The average molecular weight is 1380 g/mol. The zero-order valence-electron chi connectivity index (χ0n) is 63.7. The predicted molar refractivity (Wildman–Crippen MR) is 404 cm³/mol. The summed E-state index contributed by atoms with van der Waals surface area (Å²) in [7, 11) is -10.8. The van der Waals surface area contributed by atoms with Crippen molar-refractivity contribution in [2.75, 3.05) is 49.3 Å². The smallest absolute Gasteiger partial charge is 4.00 e. The van der Waals surface area contributed by atoms with Crippen LogP contribution >= 0.6 is 30.9 Å². The topological polar surface area (TPSA) is 129 Å². The first-order valence-electron chi connectivity index (χ1n) is 39.7. The molecule has 8 nitrogen and oxygen atoms in total. The molecular weight excluding hydrogens is 1210 g/mol. The molecular formula is C76H168O8P4Ti. The standard InChI is InChI=1S/4C19H42O2P.Ti/c4*1-5-7-9-11-13-15-17-22(20,21-19(3)4)18-16-14-12-10-8-6-2;/h4*19,22H,5-18H2,1-4H3;/q4*-1;+4. The summed E-state index contributed by atoms with van der Waals surface area (Å²) in [5, 5.41) is 0. The van der Waals surface area contributed by atoms with Gasteiger partial charge in [0.2, 0.25) is 0 Å². The van der Waals surface area contributed by atoms with Crippen LogP contribution in [0.3, 0.4) is 0 Å². The third kappa shape index (κ3) is 79.0. The van der Waals surface area contributed by atoms with E-state index in [1.807, 2.05) is 55.4 Å². The molecule has 0 aromatic rings. The average Bonchev–Trinajstić information content (AvgIpc) is 3.63. The van der Waals surface area contributed by atoms with Gasteiger partial charge in [-0.2, -0.15) is 0 Å². The molecule has 0 N–H and O–H groups in total. The Labute approximate surface area is 579 Å². The van der Waals surface area contributed by atoms with E-state index >= 15 is 0 Å². The van der Waals surface area contributed by atoms with Gasteiger partial charge in [-0.15, -0.1) is 0 Å². The Kier molecular flexibility index (Phi) is 83.3. The van der Waals surface area contributed by atoms with Crippen LogP contribution in [0.25, 0.3) is 0 Å². The van der Waals surface area contributed by atoms with Gasteiger partial charge in [0.25, 0.3) is 0 Å². The van der Waals surface area contributed by atoms with E-state index in [-0.39, 0.29) is 46.1 Å². The van der Waals surface area contributed by atoms with E-state index in [0.29, 0.717) is 0 Å². The third-order valence-electron chi connectivity index (χ3n) is 17.1. The fraction of sp³-hybridized carbons (Fsp3) is 1.00. The first kappa shape index (κ1) is 99.8. The zero-order chi connectivity index (χ0) is 66.7. The molecule has 13 heteroatoms. The van der Waals surface area contributed by atoms with E-state index in [1.165, 1.54) is 257 Å². The van der Waals surface area contributed by atoms with E-state index in [0.717, 1.165) is 101 Å². The molecule has 0 heterocycles. The van der Waals surface area contributed by atoms with Crippen LogP contribution in [-0.4, -0.2) is 73.7 Å². The van der Waals surface area contributed by atoms with Gasteiger partial charge in [0.05, 0.1) is 0 Å². The minimum absolute atomic E-state index is 0. The molecule has 0 saturated heterocycles. The summed E-state index contributed by atoms with van der Waals surface area (Å²) >= 11 is 0. The zero-order valence-corrected chi connectivity index (χ0v) is 69.2. The molecule has 0 unspecified atom stereocenters. The molecule has 0 radical (unpaired) electrons. The quantitative estimate of drug-likeness (QED) is 0.0334. The maximum atomic E-state index is 13.0. The summed E-state index contributed by atoms with van der Waals surface area (Å²) in [5.74, 6) is 0. The minimum atomic E-state index is -2.70. The molecule has 0 bridgehead atoms. The van der Waals surface area contributed by atoms with Gasteiger partial charge in [-0.25, -0.2) is 0 Å². The van der Waals surface area contributed by atoms with Gasteiger partial charge in [-0.3, -0.25) is 0 Å². The molecule has 0 amide bonds. The monoisotopic (exact) mass is 1380 g/mol. The van der Waals surface area contributed by atoms with Crippen LogP contribution in [0.4, 0.5) is 0 Å². The van der Waals surface area contributed by atoms with Crippen molar-refractivity contribution >= 4 is 30.9 Å². The second-order valence-corrected chi connectivity index (χ2v) is 40.7. The molecule has 89 heavy (non-hydrogen) atoms. The molecule has 0 atom stereocenters. The van der Waals surface area contributed by atoms with Crippen molar-refractivity contribution in [1.82, 2.24) is 0 Å². The van der Waals surface area contributed by atoms with Crippen LogP contribution < -0.4 is 19.6 Å². The van der Waals surface area contributed by atoms with Crippen molar-refractivity contribution in [3.05, 3.63) is 0 Å². The largest absolute Gasteiger partial charge is 4.00 e. The third-order valence-corrected chi connectivity index (χ3v) is 29.6. The first-order chi connectivity index (χ1) is 42.2. The molecule has 0 aromatic heterocycles. The van der Waals surface area contributed by atoms with Crippen LogP contribution in [0.5, 0.6) is 0 Å². The van der Waals surface area contributed by atoms with Crippen molar-refractivity contribution in [3.63, 3.8) is 0 Å². The van der Waals surface area contributed by atoms with E-state index in [1.54, 1.807) is 0 Å². The number of hydrogen-bond acceptors (Lipinski definition) is 8. The van der Waals surface area contributed by atoms with Crippen molar-refractivity contribution in [3.8, 4) is 0 Å². The van der Waals surface area contributed by atoms with Gasteiger partial charge < -0.3 is 0 Å². The van der Waals surface area contributed by atoms with Crippen molar-refractivity contribution in [1.29, 1.82) is 0 Å². The molecule has 0 rings (SSSR count).